The predicted molar refractivity (Wildman–Crippen MR) is 99.1 cm³/mol. The third-order valence-electron chi connectivity index (χ3n) is 5.27. The topological polar surface area (TPSA) is 29.5 Å². The summed E-state index contributed by atoms with van der Waals surface area (Å²) in [5.41, 5.74) is 3.81. The summed E-state index contributed by atoms with van der Waals surface area (Å²) in [5, 5.41) is 0.728. The van der Waals surface area contributed by atoms with Gasteiger partial charge in [-0.05, 0) is 67.0 Å². The summed E-state index contributed by atoms with van der Waals surface area (Å²) in [4.78, 5) is 14.6. The van der Waals surface area contributed by atoms with E-state index in [4.69, 9.17) is 16.3 Å². The molecule has 1 heterocycles. The van der Waals surface area contributed by atoms with Gasteiger partial charge in [-0.25, -0.2) is 0 Å². The molecule has 1 fully saturated rings. The maximum Gasteiger partial charge on any atom is 0.261 e. The third-order valence-corrected chi connectivity index (χ3v) is 5.61. The lowest BCUT2D eigenvalue weighted by Gasteiger charge is -2.26. The Morgan fingerprint density at radius 1 is 1.12 bits per heavy atom. The van der Waals surface area contributed by atoms with Gasteiger partial charge >= 0.3 is 0 Å². The van der Waals surface area contributed by atoms with Crippen LogP contribution in [0.4, 0.5) is 0 Å². The van der Waals surface area contributed by atoms with Crippen LogP contribution in [0, 0.1) is 0 Å². The highest BCUT2D eigenvalue weighted by atomic mass is 35.5. The molecule has 0 saturated carbocycles. The minimum Gasteiger partial charge on any atom is -0.484 e. The zero-order valence-corrected chi connectivity index (χ0v) is 15.0. The number of ether oxygens (including phenoxy) is 1. The van der Waals surface area contributed by atoms with E-state index in [9.17, 15) is 4.79 Å². The molecular weight excluding hydrogens is 334 g/mol. The van der Waals surface area contributed by atoms with Crippen molar-refractivity contribution in [1.29, 1.82) is 0 Å². The van der Waals surface area contributed by atoms with Crippen molar-refractivity contribution in [1.82, 2.24) is 4.90 Å². The molecule has 0 aromatic heterocycles. The average Bonchev–Trinajstić information content (AvgIpc) is 3.28. The Bertz CT molecular complexity index is 789. The van der Waals surface area contributed by atoms with E-state index < -0.39 is 0 Å². The van der Waals surface area contributed by atoms with Crippen molar-refractivity contribution < 1.29 is 9.53 Å². The van der Waals surface area contributed by atoms with E-state index in [1.165, 1.54) is 17.5 Å². The molecule has 25 heavy (non-hydrogen) atoms. The molecule has 0 bridgehead atoms. The summed E-state index contributed by atoms with van der Waals surface area (Å²) < 4.78 is 5.80. The van der Waals surface area contributed by atoms with Gasteiger partial charge in [0.15, 0.2) is 6.61 Å². The standard InChI is InChI=1S/C21H22ClNO2/c22-19-8-2-1-7-18(19)20-9-4-12-23(20)21(24)14-25-17-11-10-15-5-3-6-16(15)13-17/h1-2,7-8,10-11,13,20H,3-6,9,12,14H2. The predicted octanol–water partition coefficient (Wildman–Crippen LogP) is 4.57. The van der Waals surface area contributed by atoms with Gasteiger partial charge in [0.05, 0.1) is 6.04 Å². The highest BCUT2D eigenvalue weighted by molar-refractivity contribution is 6.31. The van der Waals surface area contributed by atoms with Gasteiger partial charge in [0.1, 0.15) is 5.75 Å². The summed E-state index contributed by atoms with van der Waals surface area (Å²) in [6.07, 6.45) is 5.43. The van der Waals surface area contributed by atoms with Gasteiger partial charge in [0.25, 0.3) is 5.91 Å². The Morgan fingerprint density at radius 2 is 1.96 bits per heavy atom. The van der Waals surface area contributed by atoms with Crippen LogP contribution >= 0.6 is 11.6 Å². The maximum atomic E-state index is 12.7. The molecule has 1 amide bonds. The van der Waals surface area contributed by atoms with E-state index in [-0.39, 0.29) is 18.6 Å². The van der Waals surface area contributed by atoms with Gasteiger partial charge in [-0.2, -0.15) is 0 Å². The number of rotatable bonds is 4. The first-order chi connectivity index (χ1) is 12.2. The molecule has 2 aliphatic rings. The molecular formula is C21H22ClNO2. The number of carbonyl (C=O) groups is 1. The van der Waals surface area contributed by atoms with Crippen molar-refractivity contribution in [3.8, 4) is 5.75 Å². The van der Waals surface area contributed by atoms with Crippen LogP contribution in [0.1, 0.15) is 42.0 Å². The number of fused-ring (bicyclic) bond motifs is 1. The third kappa shape index (κ3) is 3.38. The van der Waals surface area contributed by atoms with Gasteiger partial charge in [0, 0.05) is 11.6 Å². The first kappa shape index (κ1) is 16.5. The van der Waals surface area contributed by atoms with Crippen molar-refractivity contribution >= 4 is 17.5 Å². The monoisotopic (exact) mass is 355 g/mol. The van der Waals surface area contributed by atoms with Gasteiger partial charge in [-0.3, -0.25) is 4.79 Å². The number of hydrogen-bond acceptors (Lipinski definition) is 2. The number of carbonyl (C=O) groups excluding carboxylic acids is 1. The molecule has 130 valence electrons. The summed E-state index contributed by atoms with van der Waals surface area (Å²) in [5.74, 6) is 0.824. The smallest absolute Gasteiger partial charge is 0.261 e. The SMILES string of the molecule is O=C(COc1ccc2c(c1)CCC2)N1CCCC1c1ccccc1Cl. The van der Waals surface area contributed by atoms with Crippen molar-refractivity contribution in [2.75, 3.05) is 13.2 Å². The summed E-state index contributed by atoms with van der Waals surface area (Å²) >= 11 is 6.33. The summed E-state index contributed by atoms with van der Waals surface area (Å²) in [6, 6.07) is 14.1. The lowest BCUT2D eigenvalue weighted by Crippen LogP contribution is -2.34. The maximum absolute atomic E-state index is 12.7. The molecule has 3 nitrogen and oxygen atoms in total. The molecule has 1 unspecified atom stereocenters. The van der Waals surface area contributed by atoms with E-state index >= 15 is 0 Å². The molecule has 0 N–H and O–H groups in total. The fraction of sp³-hybridized carbons (Fsp3) is 0.381. The number of nitrogens with zero attached hydrogens (tertiary/aromatic N) is 1. The van der Waals surface area contributed by atoms with Crippen LogP contribution in [-0.2, 0) is 17.6 Å². The second kappa shape index (κ2) is 7.09. The zero-order valence-electron chi connectivity index (χ0n) is 14.2. The first-order valence-corrected chi connectivity index (χ1v) is 9.38. The summed E-state index contributed by atoms with van der Waals surface area (Å²) in [7, 11) is 0. The number of aryl methyl sites for hydroxylation is 2. The fourth-order valence-corrected chi connectivity index (χ4v) is 4.26. The fourth-order valence-electron chi connectivity index (χ4n) is 4.00. The molecule has 4 heteroatoms. The van der Waals surface area contributed by atoms with Crippen LogP contribution in [0.25, 0.3) is 0 Å². The van der Waals surface area contributed by atoms with Gasteiger partial charge in [-0.1, -0.05) is 35.9 Å². The molecule has 0 spiro atoms. The van der Waals surface area contributed by atoms with Crippen LogP contribution in [0.3, 0.4) is 0 Å². The molecule has 2 aromatic rings. The van der Waals surface area contributed by atoms with Crippen LogP contribution in [0.15, 0.2) is 42.5 Å². The van der Waals surface area contributed by atoms with Crippen molar-refractivity contribution in [2.45, 2.75) is 38.1 Å². The second-order valence-corrected chi connectivity index (χ2v) is 7.25. The molecule has 1 saturated heterocycles. The first-order valence-electron chi connectivity index (χ1n) is 9.01. The quantitative estimate of drug-likeness (QED) is 0.803. The van der Waals surface area contributed by atoms with E-state index in [1.807, 2.05) is 35.2 Å². The lowest BCUT2D eigenvalue weighted by atomic mass is 10.0. The van der Waals surface area contributed by atoms with Gasteiger partial charge in [-0.15, -0.1) is 0 Å². The Hall–Kier alpha value is -2.00. The van der Waals surface area contributed by atoms with Crippen molar-refractivity contribution in [3.63, 3.8) is 0 Å². The number of benzene rings is 2. The van der Waals surface area contributed by atoms with Gasteiger partial charge < -0.3 is 9.64 Å². The molecule has 1 aliphatic heterocycles. The van der Waals surface area contributed by atoms with Crippen LogP contribution in [-0.4, -0.2) is 24.0 Å². The number of hydrogen-bond donors (Lipinski definition) is 0. The molecule has 4 rings (SSSR count). The minimum absolute atomic E-state index is 0.0305. The molecule has 0 radical (unpaired) electrons. The largest absolute Gasteiger partial charge is 0.484 e. The lowest BCUT2D eigenvalue weighted by molar-refractivity contribution is -0.134. The minimum atomic E-state index is 0.0305. The Morgan fingerprint density at radius 3 is 2.84 bits per heavy atom. The van der Waals surface area contributed by atoms with Crippen LogP contribution in [0.5, 0.6) is 5.75 Å². The zero-order chi connectivity index (χ0) is 17.2. The second-order valence-electron chi connectivity index (χ2n) is 6.84. The molecule has 1 aliphatic carbocycles. The number of halogens is 1. The Kier molecular flexibility index (Phi) is 4.67. The molecule has 1 atom stereocenters. The van der Waals surface area contributed by atoms with E-state index in [0.29, 0.717) is 0 Å². The van der Waals surface area contributed by atoms with Gasteiger partial charge in [0.2, 0.25) is 0 Å². The summed E-state index contributed by atoms with van der Waals surface area (Å²) in [6.45, 7) is 0.849. The molecule has 2 aromatic carbocycles. The van der Waals surface area contributed by atoms with Crippen molar-refractivity contribution in [2.24, 2.45) is 0 Å². The normalized spacial score (nSPS) is 19.1. The van der Waals surface area contributed by atoms with E-state index in [0.717, 1.165) is 48.6 Å². The average molecular weight is 356 g/mol. The van der Waals surface area contributed by atoms with Crippen LogP contribution in [0.2, 0.25) is 5.02 Å². The Balaban J connectivity index is 1.43. The number of amides is 1. The highest BCUT2D eigenvalue weighted by Crippen LogP contribution is 2.35. The highest BCUT2D eigenvalue weighted by Gasteiger charge is 2.31. The number of likely N-dealkylation sites (tertiary alicyclic amines) is 1. The van der Waals surface area contributed by atoms with Crippen LogP contribution < -0.4 is 4.74 Å². The Labute approximate surface area is 153 Å². The van der Waals surface area contributed by atoms with E-state index in [2.05, 4.69) is 12.1 Å². The van der Waals surface area contributed by atoms with Crippen molar-refractivity contribution in [3.05, 3.63) is 64.2 Å². The van der Waals surface area contributed by atoms with E-state index in [1.54, 1.807) is 0 Å².